The Morgan fingerprint density at radius 3 is 2.12 bits per heavy atom. The summed E-state index contributed by atoms with van der Waals surface area (Å²) in [4.78, 5) is 12.2. The zero-order valence-corrected chi connectivity index (χ0v) is 10.8. The van der Waals surface area contributed by atoms with Crippen LogP contribution in [-0.2, 0) is 9.84 Å². The van der Waals surface area contributed by atoms with E-state index in [9.17, 15) is 13.2 Å². The second-order valence-corrected chi connectivity index (χ2v) is 6.99. The molecule has 0 amide bonds. The standard InChI is InChI=1S/C12H16O3S/c1-9-7-5-6-8-10(9)11(13)12(2,3)16(4,14)15/h5-8H,1-4H3. The Balaban J connectivity index is 3.29. The molecule has 0 saturated carbocycles. The van der Waals surface area contributed by atoms with Crippen LogP contribution in [0, 0.1) is 6.92 Å². The Kier molecular flexibility index (Phi) is 3.24. The summed E-state index contributed by atoms with van der Waals surface area (Å²) in [6, 6.07) is 7.01. The maximum absolute atomic E-state index is 12.2. The fraction of sp³-hybridized carbons (Fsp3) is 0.417. The quantitative estimate of drug-likeness (QED) is 0.759. The fourth-order valence-corrected chi connectivity index (χ4v) is 1.77. The van der Waals surface area contributed by atoms with Crippen LogP contribution in [0.25, 0.3) is 0 Å². The molecule has 0 unspecified atom stereocenters. The first kappa shape index (κ1) is 12.9. The maximum atomic E-state index is 12.2. The van der Waals surface area contributed by atoms with Gasteiger partial charge in [-0.3, -0.25) is 4.79 Å². The lowest BCUT2D eigenvalue weighted by atomic mass is 9.96. The molecule has 1 aromatic rings. The first-order valence-corrected chi connectivity index (χ1v) is 6.87. The van der Waals surface area contributed by atoms with Gasteiger partial charge in [0.2, 0.25) is 0 Å². The molecular formula is C12H16O3S. The largest absolute Gasteiger partial charge is 0.292 e. The van der Waals surface area contributed by atoms with Gasteiger partial charge >= 0.3 is 0 Å². The highest BCUT2D eigenvalue weighted by Crippen LogP contribution is 2.23. The van der Waals surface area contributed by atoms with Gasteiger partial charge in [-0.1, -0.05) is 24.3 Å². The molecule has 0 fully saturated rings. The van der Waals surface area contributed by atoms with E-state index >= 15 is 0 Å². The second kappa shape index (κ2) is 4.01. The molecule has 1 aromatic carbocycles. The van der Waals surface area contributed by atoms with Crippen molar-refractivity contribution in [2.24, 2.45) is 0 Å². The van der Waals surface area contributed by atoms with Gasteiger partial charge in [-0.05, 0) is 26.3 Å². The summed E-state index contributed by atoms with van der Waals surface area (Å²) >= 11 is 0. The molecule has 0 saturated heterocycles. The van der Waals surface area contributed by atoms with Gasteiger partial charge in [0.25, 0.3) is 0 Å². The average molecular weight is 240 g/mol. The van der Waals surface area contributed by atoms with E-state index < -0.39 is 14.6 Å². The molecule has 0 aliphatic heterocycles. The van der Waals surface area contributed by atoms with E-state index in [1.807, 2.05) is 6.07 Å². The highest BCUT2D eigenvalue weighted by Gasteiger charge is 2.39. The van der Waals surface area contributed by atoms with E-state index in [1.165, 1.54) is 13.8 Å². The van der Waals surface area contributed by atoms with Gasteiger partial charge in [0.05, 0.1) is 0 Å². The van der Waals surface area contributed by atoms with Crippen LogP contribution in [-0.4, -0.2) is 25.2 Å². The lowest BCUT2D eigenvalue weighted by Crippen LogP contribution is -2.40. The third-order valence-electron chi connectivity index (χ3n) is 2.86. The lowest BCUT2D eigenvalue weighted by molar-refractivity contribution is 0.0953. The molecule has 0 aromatic heterocycles. The van der Waals surface area contributed by atoms with E-state index in [0.29, 0.717) is 5.56 Å². The molecule has 0 bridgehead atoms. The summed E-state index contributed by atoms with van der Waals surface area (Å²) in [5.74, 6) is -0.354. The second-order valence-electron chi connectivity index (χ2n) is 4.43. The molecule has 0 N–H and O–H groups in total. The average Bonchev–Trinajstić information content (AvgIpc) is 2.15. The number of ketones is 1. The van der Waals surface area contributed by atoms with Gasteiger partial charge in [-0.25, -0.2) is 8.42 Å². The van der Waals surface area contributed by atoms with Crippen molar-refractivity contribution >= 4 is 15.6 Å². The number of rotatable bonds is 3. The third-order valence-corrected chi connectivity index (χ3v) is 4.90. The molecular weight excluding hydrogens is 224 g/mol. The van der Waals surface area contributed by atoms with Gasteiger partial charge in [0.1, 0.15) is 4.75 Å². The van der Waals surface area contributed by atoms with Crippen molar-refractivity contribution < 1.29 is 13.2 Å². The summed E-state index contributed by atoms with van der Waals surface area (Å²) in [5, 5.41) is 0. The van der Waals surface area contributed by atoms with Crippen LogP contribution in [0.5, 0.6) is 0 Å². The number of aryl methyl sites for hydroxylation is 1. The number of carbonyl (C=O) groups excluding carboxylic acids is 1. The minimum absolute atomic E-state index is 0.354. The minimum Gasteiger partial charge on any atom is -0.292 e. The van der Waals surface area contributed by atoms with E-state index in [1.54, 1.807) is 25.1 Å². The Morgan fingerprint density at radius 2 is 1.69 bits per heavy atom. The van der Waals surface area contributed by atoms with Crippen LogP contribution >= 0.6 is 0 Å². The number of Topliss-reactive ketones (excluding diaryl/α,β-unsaturated/α-hetero) is 1. The Hall–Kier alpha value is -1.16. The highest BCUT2D eigenvalue weighted by molar-refractivity contribution is 7.92. The molecule has 88 valence electrons. The van der Waals surface area contributed by atoms with Crippen LogP contribution in [0.1, 0.15) is 29.8 Å². The number of hydrogen-bond acceptors (Lipinski definition) is 3. The van der Waals surface area contributed by atoms with Crippen LogP contribution in [0.3, 0.4) is 0 Å². The number of sulfone groups is 1. The molecule has 0 atom stereocenters. The molecule has 0 radical (unpaired) electrons. The smallest absolute Gasteiger partial charge is 0.183 e. The maximum Gasteiger partial charge on any atom is 0.183 e. The number of hydrogen-bond donors (Lipinski definition) is 0. The van der Waals surface area contributed by atoms with Crippen molar-refractivity contribution in [3.05, 3.63) is 35.4 Å². The van der Waals surface area contributed by atoms with Gasteiger partial charge in [0.15, 0.2) is 15.6 Å². The third kappa shape index (κ3) is 2.16. The van der Waals surface area contributed by atoms with Gasteiger partial charge in [0, 0.05) is 11.8 Å². The van der Waals surface area contributed by atoms with Crippen molar-refractivity contribution in [1.82, 2.24) is 0 Å². The van der Waals surface area contributed by atoms with Crippen LogP contribution < -0.4 is 0 Å². The van der Waals surface area contributed by atoms with Crippen molar-refractivity contribution in [2.45, 2.75) is 25.5 Å². The zero-order valence-electron chi connectivity index (χ0n) is 9.94. The predicted octanol–water partition coefficient (Wildman–Crippen LogP) is 2.00. The molecule has 3 nitrogen and oxygen atoms in total. The van der Waals surface area contributed by atoms with E-state index in [2.05, 4.69) is 0 Å². The first-order chi connectivity index (χ1) is 7.18. The van der Waals surface area contributed by atoms with Gasteiger partial charge in [-0.15, -0.1) is 0 Å². The highest BCUT2D eigenvalue weighted by atomic mass is 32.2. The van der Waals surface area contributed by atoms with Gasteiger partial charge in [-0.2, -0.15) is 0 Å². The molecule has 0 aliphatic carbocycles. The summed E-state index contributed by atoms with van der Waals surface area (Å²) in [5.41, 5.74) is 1.27. The molecule has 0 spiro atoms. The van der Waals surface area contributed by atoms with Crippen molar-refractivity contribution in [3.63, 3.8) is 0 Å². The summed E-state index contributed by atoms with van der Waals surface area (Å²) < 4.78 is 21.7. The summed E-state index contributed by atoms with van der Waals surface area (Å²) in [6.07, 6.45) is 1.09. The van der Waals surface area contributed by atoms with Gasteiger partial charge < -0.3 is 0 Å². The number of benzene rings is 1. The predicted molar refractivity (Wildman–Crippen MR) is 64.4 cm³/mol. The molecule has 0 heterocycles. The Bertz CT molecular complexity index is 513. The summed E-state index contributed by atoms with van der Waals surface area (Å²) in [7, 11) is -3.42. The van der Waals surface area contributed by atoms with Crippen LogP contribution in [0.15, 0.2) is 24.3 Å². The molecule has 1 rings (SSSR count). The molecule has 4 heteroatoms. The van der Waals surface area contributed by atoms with E-state index in [4.69, 9.17) is 0 Å². The first-order valence-electron chi connectivity index (χ1n) is 4.98. The lowest BCUT2D eigenvalue weighted by Gasteiger charge is -2.21. The van der Waals surface area contributed by atoms with Crippen LogP contribution in [0.4, 0.5) is 0 Å². The van der Waals surface area contributed by atoms with E-state index in [-0.39, 0.29) is 5.78 Å². The Morgan fingerprint density at radius 1 is 1.19 bits per heavy atom. The monoisotopic (exact) mass is 240 g/mol. The van der Waals surface area contributed by atoms with Crippen molar-refractivity contribution in [3.8, 4) is 0 Å². The number of carbonyl (C=O) groups is 1. The topological polar surface area (TPSA) is 51.2 Å². The minimum atomic E-state index is -3.42. The van der Waals surface area contributed by atoms with Crippen LogP contribution in [0.2, 0.25) is 0 Å². The SMILES string of the molecule is Cc1ccccc1C(=O)C(C)(C)S(C)(=O)=O. The molecule has 16 heavy (non-hydrogen) atoms. The molecule has 0 aliphatic rings. The van der Waals surface area contributed by atoms with Crippen molar-refractivity contribution in [2.75, 3.05) is 6.26 Å². The summed E-state index contributed by atoms with van der Waals surface area (Å²) in [6.45, 7) is 4.68. The van der Waals surface area contributed by atoms with Crippen molar-refractivity contribution in [1.29, 1.82) is 0 Å². The zero-order chi connectivity index (χ0) is 12.6. The fourth-order valence-electron chi connectivity index (χ4n) is 1.32. The Labute approximate surface area is 96.4 Å². The normalized spacial score (nSPS) is 12.5. The van der Waals surface area contributed by atoms with E-state index in [0.717, 1.165) is 11.8 Å².